The molecule has 0 aliphatic carbocycles. The summed E-state index contributed by atoms with van der Waals surface area (Å²) in [6.45, 7) is 14.4. The van der Waals surface area contributed by atoms with Gasteiger partial charge in [-0.2, -0.15) is 0 Å². The van der Waals surface area contributed by atoms with E-state index in [-0.39, 0.29) is 12.4 Å². The third kappa shape index (κ3) is 5.21. The van der Waals surface area contributed by atoms with Crippen molar-refractivity contribution in [3.05, 3.63) is 0 Å². The van der Waals surface area contributed by atoms with Crippen molar-refractivity contribution in [2.45, 2.75) is 55.0 Å². The molecule has 0 radical (unpaired) electrons. The number of halogens is 1. The topological polar surface area (TPSA) is 0 Å². The zero-order valence-electron chi connectivity index (χ0n) is 8.72. The van der Waals surface area contributed by atoms with Crippen LogP contribution in [0.2, 0.25) is 13.4 Å². The second kappa shape index (κ2) is 6.44. The van der Waals surface area contributed by atoms with E-state index in [1.807, 2.05) is 0 Å². The fourth-order valence-corrected chi connectivity index (χ4v) is 12.0. The van der Waals surface area contributed by atoms with Crippen molar-refractivity contribution in [3.8, 4) is 0 Å². The summed E-state index contributed by atoms with van der Waals surface area (Å²) in [6, 6.07) is 0. The van der Waals surface area contributed by atoms with Crippen LogP contribution in [-0.4, -0.2) is 16.2 Å². The molecule has 0 amide bonds. The van der Waals surface area contributed by atoms with Gasteiger partial charge in [0.15, 0.2) is 0 Å². The van der Waals surface area contributed by atoms with E-state index in [0.717, 1.165) is 13.4 Å². The molecule has 0 saturated carbocycles. The first-order chi connectivity index (χ1) is 4.46. The first-order valence-electron chi connectivity index (χ1n) is 4.46. The Bertz CT molecular complexity index is 70.5. The molecule has 0 bridgehead atoms. The summed E-state index contributed by atoms with van der Waals surface area (Å²) in [6.07, 6.45) is 0. The van der Waals surface area contributed by atoms with Crippen LogP contribution in [0.25, 0.3) is 0 Å². The summed E-state index contributed by atoms with van der Waals surface area (Å²) < 4.78 is 3.06. The van der Waals surface area contributed by atoms with Gasteiger partial charge in [-0.1, -0.05) is 0 Å². The van der Waals surface area contributed by atoms with E-state index in [2.05, 4.69) is 41.5 Å². The van der Waals surface area contributed by atoms with E-state index in [0.29, 0.717) is 0 Å². The monoisotopic (exact) mass is 234 g/mol. The molecule has 0 fully saturated rings. The van der Waals surface area contributed by atoms with Gasteiger partial charge in [0, 0.05) is 0 Å². The summed E-state index contributed by atoms with van der Waals surface area (Å²) >= 11 is -0.924. The van der Waals surface area contributed by atoms with E-state index in [9.17, 15) is 0 Å². The summed E-state index contributed by atoms with van der Waals surface area (Å²) in [4.78, 5) is 0. The van der Waals surface area contributed by atoms with Crippen LogP contribution < -0.4 is 0 Å². The molecule has 0 aromatic carbocycles. The smallest absolute Gasteiger partial charge is 0.147 e. The first kappa shape index (κ1) is 14.5. The van der Waals surface area contributed by atoms with Crippen molar-refractivity contribution in [2.75, 3.05) is 0 Å². The molecule has 0 saturated heterocycles. The molecule has 11 heavy (non-hydrogen) atoms. The van der Waals surface area contributed by atoms with E-state index in [4.69, 9.17) is 0 Å². The second-order valence-corrected chi connectivity index (χ2v) is 15.1. The van der Waals surface area contributed by atoms with Gasteiger partial charge in [-0.25, -0.2) is 0 Å². The molecule has 68 valence electrons. The fourth-order valence-electron chi connectivity index (χ4n) is 2.31. The molecule has 0 N–H and O–H groups in total. The van der Waals surface area contributed by atoms with E-state index in [1.54, 1.807) is 0 Å². The Morgan fingerprint density at radius 1 is 0.636 bits per heavy atom. The molecule has 0 heterocycles. The molecule has 0 atom stereocenters. The van der Waals surface area contributed by atoms with E-state index >= 15 is 0 Å². The Kier molecular flexibility index (Phi) is 8.46. The number of hydrogen-bond acceptors (Lipinski definition) is 0. The van der Waals surface area contributed by atoms with Crippen molar-refractivity contribution in [1.29, 1.82) is 0 Å². The molecule has 0 unspecified atom stereocenters. The number of rotatable bonds is 3. The van der Waals surface area contributed by atoms with Gasteiger partial charge in [0.1, 0.15) is 0 Å². The van der Waals surface area contributed by atoms with Crippen LogP contribution in [0.3, 0.4) is 0 Å². The van der Waals surface area contributed by atoms with Gasteiger partial charge in [0.05, 0.1) is 0 Å². The molecular formula is C9H22ClGa. The van der Waals surface area contributed by atoms with Crippen LogP contribution in [0.5, 0.6) is 0 Å². The normalized spacial score (nSPS) is 10.6. The molecule has 0 rings (SSSR count). The zero-order valence-corrected chi connectivity index (χ0v) is 12.0. The largest absolute Gasteiger partial charge is 0.147 e. The van der Waals surface area contributed by atoms with Crippen molar-refractivity contribution >= 4 is 28.6 Å². The maximum Gasteiger partial charge on any atom is -0.147 e. The molecule has 0 aliphatic rings. The SMILES string of the molecule is C[CH](C)[Ga]([CH](C)C)[CH](C)C.Cl. The van der Waals surface area contributed by atoms with E-state index < -0.39 is 16.2 Å². The Morgan fingerprint density at radius 3 is 0.818 bits per heavy atom. The van der Waals surface area contributed by atoms with Crippen molar-refractivity contribution in [3.63, 3.8) is 0 Å². The summed E-state index contributed by atoms with van der Waals surface area (Å²) in [7, 11) is 0. The summed E-state index contributed by atoms with van der Waals surface area (Å²) in [5.41, 5.74) is 0. The molecule has 2 heteroatoms. The predicted octanol–water partition coefficient (Wildman–Crippen LogP) is 4.13. The Labute approximate surface area is 83.6 Å². The van der Waals surface area contributed by atoms with Gasteiger partial charge in [-0.3, -0.25) is 0 Å². The van der Waals surface area contributed by atoms with Crippen LogP contribution in [-0.2, 0) is 0 Å². The standard InChI is InChI=1S/3C3H7.ClH.Ga/c3*1-3-2;;/h3*3H,1-2H3;1H;. The van der Waals surface area contributed by atoms with Crippen molar-refractivity contribution in [1.82, 2.24) is 0 Å². The minimum absolute atomic E-state index is 0. The Morgan fingerprint density at radius 2 is 0.818 bits per heavy atom. The van der Waals surface area contributed by atoms with Crippen molar-refractivity contribution in [2.24, 2.45) is 0 Å². The van der Waals surface area contributed by atoms with Gasteiger partial charge >= 0.3 is 71.2 Å². The maximum atomic E-state index is 2.41. The maximum absolute atomic E-state index is 2.41. The van der Waals surface area contributed by atoms with Crippen LogP contribution in [0, 0.1) is 0 Å². The molecule has 0 nitrogen and oxygen atoms in total. The molecule has 0 aliphatic heterocycles. The predicted molar refractivity (Wildman–Crippen MR) is 58.3 cm³/mol. The fraction of sp³-hybridized carbons (Fsp3) is 1.00. The summed E-state index contributed by atoms with van der Waals surface area (Å²) in [5.74, 6) is 0. The van der Waals surface area contributed by atoms with Crippen LogP contribution in [0.4, 0.5) is 0 Å². The third-order valence-corrected chi connectivity index (χ3v) is 12.0. The van der Waals surface area contributed by atoms with E-state index in [1.165, 1.54) is 0 Å². The van der Waals surface area contributed by atoms with Gasteiger partial charge in [0.25, 0.3) is 0 Å². The van der Waals surface area contributed by atoms with Crippen LogP contribution in [0.15, 0.2) is 0 Å². The van der Waals surface area contributed by atoms with Gasteiger partial charge in [0.2, 0.25) is 0 Å². The average Bonchev–Trinajstić information content (AvgIpc) is 1.59. The van der Waals surface area contributed by atoms with Gasteiger partial charge in [-0.15, -0.1) is 12.4 Å². The average molecular weight is 235 g/mol. The first-order valence-corrected chi connectivity index (χ1v) is 8.66. The van der Waals surface area contributed by atoms with Gasteiger partial charge in [-0.05, 0) is 0 Å². The zero-order chi connectivity index (χ0) is 8.31. The Hall–Kier alpha value is 0.926. The minimum Gasteiger partial charge on any atom is -0.147 e. The third-order valence-electron chi connectivity index (χ3n) is 2.31. The minimum atomic E-state index is -0.924. The number of hydrogen-bond donors (Lipinski definition) is 0. The molecule has 0 aromatic rings. The second-order valence-electron chi connectivity index (χ2n) is 4.31. The van der Waals surface area contributed by atoms with Gasteiger partial charge < -0.3 is 0 Å². The van der Waals surface area contributed by atoms with Crippen molar-refractivity contribution < 1.29 is 0 Å². The van der Waals surface area contributed by atoms with Crippen LogP contribution >= 0.6 is 12.4 Å². The quantitative estimate of drug-likeness (QED) is 0.645. The van der Waals surface area contributed by atoms with Crippen LogP contribution in [0.1, 0.15) is 41.5 Å². The summed E-state index contributed by atoms with van der Waals surface area (Å²) in [5, 5.41) is 0. The molecular weight excluding hydrogens is 213 g/mol. The molecule has 0 spiro atoms. The Balaban J connectivity index is 0. The molecule has 0 aromatic heterocycles.